The van der Waals surface area contributed by atoms with Crippen molar-refractivity contribution in [3.8, 4) is 5.75 Å². The van der Waals surface area contributed by atoms with Crippen LogP contribution in [0.2, 0.25) is 0 Å². The molecule has 0 spiro atoms. The summed E-state index contributed by atoms with van der Waals surface area (Å²) < 4.78 is 37.2. The third kappa shape index (κ3) is 6.71. The number of carbonyl (C=O) groups excluding carboxylic acids is 4. The summed E-state index contributed by atoms with van der Waals surface area (Å²) in [6, 6.07) is 6.95. The Morgan fingerprint density at radius 1 is 0.824 bits per heavy atom. The third-order valence-corrected chi connectivity index (χ3v) is 14.2. The minimum atomic E-state index is -3.61. The predicted molar refractivity (Wildman–Crippen MR) is 194 cm³/mol. The Balaban J connectivity index is 2.52. The van der Waals surface area contributed by atoms with E-state index in [0.717, 1.165) is 53.4 Å². The number of fused-ring (bicyclic) bond motifs is 2. The molecule has 0 N–H and O–H groups in total. The Kier molecular flexibility index (Phi) is 12.2. The molecule has 2 heterocycles. The van der Waals surface area contributed by atoms with Crippen molar-refractivity contribution in [3.63, 3.8) is 0 Å². The molecule has 0 aromatic heterocycles. The maximum Gasteiger partial charge on any atom is 0.346 e. The molecular weight excluding hydrogens is 673 g/mol. The van der Waals surface area contributed by atoms with E-state index in [1.807, 2.05) is 58.0 Å². The second-order valence-electron chi connectivity index (χ2n) is 14.6. The molecule has 0 saturated heterocycles. The summed E-state index contributed by atoms with van der Waals surface area (Å²) in [4.78, 5) is 56.8. The fraction of sp³-hybridized carbons (Fsp3) is 0.579. The fourth-order valence-corrected chi connectivity index (χ4v) is 13.2. The van der Waals surface area contributed by atoms with Crippen LogP contribution in [0.25, 0.3) is 0 Å². The zero-order chi connectivity index (χ0) is 38.1. The second-order valence-corrected chi connectivity index (χ2v) is 17.3. The molecule has 1 aliphatic carbocycles. The number of benzene rings is 1. The zero-order valence-electron chi connectivity index (χ0n) is 32.1. The van der Waals surface area contributed by atoms with Crippen LogP contribution in [0.3, 0.4) is 0 Å². The number of hydrogen-bond acceptors (Lipinski definition) is 12. The lowest BCUT2D eigenvalue weighted by Gasteiger charge is -2.56. The van der Waals surface area contributed by atoms with Gasteiger partial charge in [-0.25, -0.2) is 33.3 Å². The highest BCUT2D eigenvalue weighted by atomic mass is 31.2. The van der Waals surface area contributed by atoms with Crippen molar-refractivity contribution in [2.45, 2.75) is 104 Å². The molecule has 280 valence electrons. The molecule has 51 heavy (non-hydrogen) atoms. The van der Waals surface area contributed by atoms with E-state index in [2.05, 4.69) is 30.1 Å². The standard InChI is InChI=1S/C38H54N3O9P/c1-23(2)40(24(3)4)51-32(29(33(42)47-9)30(34(43)48-10)35(44)49-11)31(36(45)50-12)38(22-28(39-51)37(5,6)7,25-18-20-27(46-8)21-19-25)41(51)26-16-14-13-15-17-26/h18-24,26H,13-17H2,1-12H3. The number of nitrogens with zero attached hydrogens (tertiary/aromatic N) is 3. The van der Waals surface area contributed by atoms with Crippen LogP contribution in [0.4, 0.5) is 0 Å². The van der Waals surface area contributed by atoms with Crippen LogP contribution in [0.15, 0.2) is 62.8 Å². The molecule has 1 saturated carbocycles. The SMILES string of the molecule is COC(=O)C(C(=O)OC)=C(C(=O)OC)C1=C(C(=O)OC)C2(c3ccc(OC)cc3)C=C(C(C)(C)C)N=P1(N(C(C)C)C(C)C)N2C1CCCCC1. The summed E-state index contributed by atoms with van der Waals surface area (Å²) in [7, 11) is 2.63. The lowest BCUT2D eigenvalue weighted by molar-refractivity contribution is -0.146. The first kappa shape index (κ1) is 40.0. The van der Waals surface area contributed by atoms with Crippen LogP contribution in [-0.4, -0.2) is 86.9 Å². The third-order valence-electron chi connectivity index (χ3n) is 9.82. The average Bonchev–Trinajstić information content (AvgIpc) is 3.26. The maximum atomic E-state index is 14.9. The van der Waals surface area contributed by atoms with E-state index in [1.165, 1.54) is 7.11 Å². The molecule has 0 radical (unpaired) electrons. The van der Waals surface area contributed by atoms with E-state index < -0.39 is 53.3 Å². The van der Waals surface area contributed by atoms with Crippen LogP contribution >= 0.6 is 7.36 Å². The summed E-state index contributed by atoms with van der Waals surface area (Å²) in [5.74, 6) is -3.38. The number of carbonyl (C=O) groups is 4. The molecule has 1 aromatic rings. The first-order valence-corrected chi connectivity index (χ1v) is 19.1. The number of methoxy groups -OCH3 is 5. The average molecular weight is 728 g/mol. The van der Waals surface area contributed by atoms with Crippen molar-refractivity contribution in [2.24, 2.45) is 10.2 Å². The van der Waals surface area contributed by atoms with Gasteiger partial charge in [0.05, 0.1) is 46.7 Å². The van der Waals surface area contributed by atoms with Gasteiger partial charge in [-0.3, -0.25) is 0 Å². The number of hydrogen-bond donors (Lipinski definition) is 0. The topological polar surface area (TPSA) is 133 Å². The van der Waals surface area contributed by atoms with E-state index in [1.54, 1.807) is 7.11 Å². The largest absolute Gasteiger partial charge is 0.497 e. The van der Waals surface area contributed by atoms with Gasteiger partial charge in [-0.15, -0.1) is 0 Å². The maximum absolute atomic E-state index is 14.9. The fourth-order valence-electron chi connectivity index (χ4n) is 7.86. The van der Waals surface area contributed by atoms with E-state index in [4.69, 9.17) is 28.4 Å². The minimum absolute atomic E-state index is 0.0779. The molecule has 2 unspecified atom stereocenters. The number of rotatable bonds is 11. The van der Waals surface area contributed by atoms with E-state index >= 15 is 0 Å². The Morgan fingerprint density at radius 2 is 1.35 bits per heavy atom. The van der Waals surface area contributed by atoms with Crippen LogP contribution in [0, 0.1) is 5.41 Å². The summed E-state index contributed by atoms with van der Waals surface area (Å²) in [5.41, 5.74) is -1.57. The molecular formula is C38H54N3O9P. The van der Waals surface area contributed by atoms with Gasteiger partial charge in [-0.1, -0.05) is 52.2 Å². The normalized spacial score (nSPS) is 22.4. The second kappa shape index (κ2) is 15.5. The quantitative estimate of drug-likeness (QED) is 0.0590. The first-order chi connectivity index (χ1) is 24.0. The summed E-state index contributed by atoms with van der Waals surface area (Å²) in [6.45, 7) is 14.3. The predicted octanol–water partition coefficient (Wildman–Crippen LogP) is 6.88. The molecule has 3 aliphatic rings. The van der Waals surface area contributed by atoms with Gasteiger partial charge in [-0.05, 0) is 64.3 Å². The molecule has 2 aliphatic heterocycles. The highest BCUT2D eigenvalue weighted by Crippen LogP contribution is 2.81. The smallest absolute Gasteiger partial charge is 0.346 e. The van der Waals surface area contributed by atoms with Crippen molar-refractivity contribution >= 4 is 31.2 Å². The van der Waals surface area contributed by atoms with Gasteiger partial charge in [0.15, 0.2) is 5.57 Å². The van der Waals surface area contributed by atoms with Crippen molar-refractivity contribution in [1.82, 2.24) is 9.34 Å². The lowest BCUT2D eigenvalue weighted by Crippen LogP contribution is -2.53. The van der Waals surface area contributed by atoms with Gasteiger partial charge in [0.25, 0.3) is 0 Å². The van der Waals surface area contributed by atoms with Crippen LogP contribution < -0.4 is 4.74 Å². The van der Waals surface area contributed by atoms with Crippen LogP contribution in [0.1, 0.15) is 86.1 Å². The van der Waals surface area contributed by atoms with Crippen molar-refractivity contribution in [1.29, 1.82) is 0 Å². The van der Waals surface area contributed by atoms with Gasteiger partial charge in [-0.2, -0.15) is 0 Å². The molecule has 13 heteroatoms. The first-order valence-electron chi connectivity index (χ1n) is 17.4. The molecule has 0 amide bonds. The Hall–Kier alpha value is -3.73. The summed E-state index contributed by atoms with van der Waals surface area (Å²) in [6.07, 6.45) is 6.53. The molecule has 4 rings (SSSR count). The highest BCUT2D eigenvalue weighted by Gasteiger charge is 2.67. The molecule has 1 fully saturated rings. The summed E-state index contributed by atoms with van der Waals surface area (Å²) >= 11 is 0. The van der Waals surface area contributed by atoms with Gasteiger partial charge < -0.3 is 23.7 Å². The molecule has 12 nitrogen and oxygen atoms in total. The van der Waals surface area contributed by atoms with Crippen molar-refractivity contribution < 1.29 is 42.9 Å². The molecule has 2 bridgehead atoms. The molecule has 2 atom stereocenters. The number of esters is 4. The number of ether oxygens (including phenoxy) is 5. The van der Waals surface area contributed by atoms with Gasteiger partial charge in [0.2, 0.25) is 0 Å². The van der Waals surface area contributed by atoms with Gasteiger partial charge >= 0.3 is 23.9 Å². The Morgan fingerprint density at radius 3 is 1.78 bits per heavy atom. The monoisotopic (exact) mass is 727 g/mol. The van der Waals surface area contributed by atoms with Crippen LogP contribution in [0.5, 0.6) is 5.75 Å². The Labute approximate surface area is 302 Å². The lowest BCUT2D eigenvalue weighted by atomic mass is 9.76. The van der Waals surface area contributed by atoms with Crippen molar-refractivity contribution in [3.05, 3.63) is 63.6 Å². The van der Waals surface area contributed by atoms with E-state index in [9.17, 15) is 19.2 Å². The Bertz CT molecular complexity index is 1670. The zero-order valence-corrected chi connectivity index (χ0v) is 33.0. The van der Waals surface area contributed by atoms with Gasteiger partial charge in [0.1, 0.15) is 18.6 Å². The summed E-state index contributed by atoms with van der Waals surface area (Å²) in [5, 5.41) is 0.117. The van der Waals surface area contributed by atoms with Crippen molar-refractivity contribution in [2.75, 3.05) is 35.5 Å². The van der Waals surface area contributed by atoms with E-state index in [0.29, 0.717) is 17.0 Å². The van der Waals surface area contributed by atoms with Gasteiger partial charge in [0, 0.05) is 34.6 Å². The van der Waals surface area contributed by atoms with Crippen LogP contribution in [-0.2, 0) is 43.7 Å². The number of allylic oxidation sites excluding steroid dienone is 1. The minimum Gasteiger partial charge on any atom is -0.497 e. The highest BCUT2D eigenvalue weighted by molar-refractivity contribution is 7.67. The van der Waals surface area contributed by atoms with E-state index in [-0.39, 0.29) is 29.0 Å². The molecule has 1 aromatic carbocycles.